The van der Waals surface area contributed by atoms with Crippen LogP contribution in [0.25, 0.3) is 0 Å². The second-order valence-electron chi connectivity index (χ2n) is 5.91. The quantitative estimate of drug-likeness (QED) is 0.854. The second kappa shape index (κ2) is 7.25. The number of carbonyl (C=O) groups excluding carboxylic acids is 2. The van der Waals surface area contributed by atoms with Gasteiger partial charge in [0.1, 0.15) is 11.5 Å². The Kier molecular flexibility index (Phi) is 4.88. The molecule has 3 rings (SSSR count). The first kappa shape index (κ1) is 16.8. The number of hydrogen-bond acceptors (Lipinski definition) is 4. The molecule has 6 heteroatoms. The molecule has 0 N–H and O–H groups in total. The van der Waals surface area contributed by atoms with E-state index in [0.29, 0.717) is 17.2 Å². The van der Waals surface area contributed by atoms with Crippen molar-refractivity contribution in [3.05, 3.63) is 54.6 Å². The number of likely N-dealkylation sites (N-methyl/N-ethyl adjacent to an activating group) is 1. The minimum absolute atomic E-state index is 0.110. The van der Waals surface area contributed by atoms with E-state index in [0.717, 1.165) is 0 Å². The standard InChI is InChI=1S/C19H20N2O4/c1-20(2)19(23)17-12-21(15-10-6-7-11-16(15)25-17)18(22)13-24-14-8-4-3-5-9-14/h3-11,17H,12-13H2,1-2H3. The van der Waals surface area contributed by atoms with Crippen LogP contribution in [0.4, 0.5) is 5.69 Å². The molecule has 1 unspecified atom stereocenters. The van der Waals surface area contributed by atoms with Gasteiger partial charge in [0.25, 0.3) is 11.8 Å². The van der Waals surface area contributed by atoms with Gasteiger partial charge in [-0.05, 0) is 24.3 Å². The van der Waals surface area contributed by atoms with Crippen LogP contribution in [-0.4, -0.2) is 50.1 Å². The molecule has 1 aliphatic heterocycles. The predicted octanol–water partition coefficient (Wildman–Crippen LogP) is 1.95. The number of para-hydroxylation sites is 3. The van der Waals surface area contributed by atoms with Gasteiger partial charge in [0.15, 0.2) is 12.7 Å². The molecule has 1 heterocycles. The molecule has 1 aliphatic rings. The van der Waals surface area contributed by atoms with E-state index >= 15 is 0 Å². The number of benzene rings is 2. The molecule has 0 aromatic heterocycles. The summed E-state index contributed by atoms with van der Waals surface area (Å²) in [6.07, 6.45) is -0.731. The lowest BCUT2D eigenvalue weighted by Gasteiger charge is -2.35. The third kappa shape index (κ3) is 3.74. The fraction of sp³-hybridized carbons (Fsp3) is 0.263. The Bertz CT molecular complexity index is 761. The zero-order valence-electron chi connectivity index (χ0n) is 14.2. The van der Waals surface area contributed by atoms with Crippen LogP contribution in [0.3, 0.4) is 0 Å². The summed E-state index contributed by atoms with van der Waals surface area (Å²) < 4.78 is 11.3. The lowest BCUT2D eigenvalue weighted by Crippen LogP contribution is -2.51. The predicted molar refractivity (Wildman–Crippen MR) is 93.8 cm³/mol. The highest BCUT2D eigenvalue weighted by atomic mass is 16.5. The Morgan fingerprint density at radius 2 is 1.80 bits per heavy atom. The fourth-order valence-corrected chi connectivity index (χ4v) is 2.63. The molecule has 130 valence electrons. The van der Waals surface area contributed by atoms with Crippen LogP contribution in [0.2, 0.25) is 0 Å². The van der Waals surface area contributed by atoms with Crippen molar-refractivity contribution in [2.24, 2.45) is 0 Å². The smallest absolute Gasteiger partial charge is 0.265 e. The molecule has 0 saturated heterocycles. The van der Waals surface area contributed by atoms with Gasteiger partial charge in [-0.1, -0.05) is 30.3 Å². The van der Waals surface area contributed by atoms with Gasteiger partial charge in [-0.25, -0.2) is 0 Å². The van der Waals surface area contributed by atoms with Gasteiger partial charge in [-0.15, -0.1) is 0 Å². The summed E-state index contributed by atoms with van der Waals surface area (Å²) >= 11 is 0. The van der Waals surface area contributed by atoms with Crippen LogP contribution in [0.1, 0.15) is 0 Å². The summed E-state index contributed by atoms with van der Waals surface area (Å²) in [6, 6.07) is 16.3. The molecule has 25 heavy (non-hydrogen) atoms. The Morgan fingerprint density at radius 1 is 1.12 bits per heavy atom. The van der Waals surface area contributed by atoms with Gasteiger partial charge in [0.2, 0.25) is 0 Å². The minimum Gasteiger partial charge on any atom is -0.484 e. The highest BCUT2D eigenvalue weighted by molar-refractivity contribution is 5.98. The van der Waals surface area contributed by atoms with Crippen LogP contribution in [0, 0.1) is 0 Å². The summed E-state index contributed by atoms with van der Waals surface area (Å²) in [5, 5.41) is 0. The van der Waals surface area contributed by atoms with Crippen molar-refractivity contribution in [1.29, 1.82) is 0 Å². The third-order valence-electron chi connectivity index (χ3n) is 3.90. The summed E-state index contributed by atoms with van der Waals surface area (Å²) in [4.78, 5) is 28.0. The molecule has 0 radical (unpaired) electrons. The molecule has 6 nitrogen and oxygen atoms in total. The van der Waals surface area contributed by atoms with Gasteiger partial charge >= 0.3 is 0 Å². The van der Waals surface area contributed by atoms with E-state index in [-0.39, 0.29) is 25.0 Å². The lowest BCUT2D eigenvalue weighted by atomic mass is 10.1. The first-order valence-corrected chi connectivity index (χ1v) is 8.01. The third-order valence-corrected chi connectivity index (χ3v) is 3.90. The van der Waals surface area contributed by atoms with Gasteiger partial charge < -0.3 is 19.3 Å². The number of hydrogen-bond donors (Lipinski definition) is 0. The highest BCUT2D eigenvalue weighted by Gasteiger charge is 2.34. The van der Waals surface area contributed by atoms with Crippen molar-refractivity contribution in [2.75, 3.05) is 32.1 Å². The van der Waals surface area contributed by atoms with Crippen molar-refractivity contribution in [3.63, 3.8) is 0 Å². The van der Waals surface area contributed by atoms with Gasteiger partial charge in [-0.2, -0.15) is 0 Å². The Balaban J connectivity index is 1.78. The normalized spacial score (nSPS) is 15.8. The Morgan fingerprint density at radius 3 is 2.52 bits per heavy atom. The number of nitrogens with zero attached hydrogens (tertiary/aromatic N) is 2. The number of rotatable bonds is 4. The molecule has 0 aliphatic carbocycles. The maximum Gasteiger partial charge on any atom is 0.265 e. The van der Waals surface area contributed by atoms with Crippen molar-refractivity contribution in [1.82, 2.24) is 4.90 Å². The zero-order chi connectivity index (χ0) is 17.8. The van der Waals surface area contributed by atoms with E-state index in [4.69, 9.17) is 9.47 Å². The van der Waals surface area contributed by atoms with Crippen LogP contribution in [0.15, 0.2) is 54.6 Å². The van der Waals surface area contributed by atoms with E-state index in [2.05, 4.69) is 0 Å². The SMILES string of the molecule is CN(C)C(=O)C1CN(C(=O)COc2ccccc2)c2ccccc2O1. The zero-order valence-corrected chi connectivity index (χ0v) is 14.2. The average Bonchev–Trinajstić information content (AvgIpc) is 2.65. The molecule has 0 spiro atoms. The lowest BCUT2D eigenvalue weighted by molar-refractivity contribution is -0.136. The van der Waals surface area contributed by atoms with Gasteiger partial charge in [-0.3, -0.25) is 9.59 Å². The molecular weight excluding hydrogens is 320 g/mol. The number of ether oxygens (including phenoxy) is 2. The molecule has 1 atom stereocenters. The van der Waals surface area contributed by atoms with Gasteiger partial charge in [0.05, 0.1) is 12.2 Å². The number of carbonyl (C=O) groups is 2. The Labute approximate surface area is 146 Å². The van der Waals surface area contributed by atoms with Crippen molar-refractivity contribution >= 4 is 17.5 Å². The monoisotopic (exact) mass is 340 g/mol. The summed E-state index contributed by atoms with van der Waals surface area (Å²) in [5.74, 6) is 0.729. The summed E-state index contributed by atoms with van der Waals surface area (Å²) in [6.45, 7) is 0.0478. The van der Waals surface area contributed by atoms with E-state index in [9.17, 15) is 9.59 Å². The molecule has 2 amide bonds. The van der Waals surface area contributed by atoms with E-state index < -0.39 is 6.10 Å². The van der Waals surface area contributed by atoms with E-state index in [1.807, 2.05) is 30.3 Å². The Hall–Kier alpha value is -3.02. The topological polar surface area (TPSA) is 59.1 Å². The maximum absolute atomic E-state index is 12.7. The van der Waals surface area contributed by atoms with Crippen molar-refractivity contribution in [3.8, 4) is 11.5 Å². The maximum atomic E-state index is 12.7. The van der Waals surface area contributed by atoms with Crippen LogP contribution < -0.4 is 14.4 Å². The number of anilines is 1. The summed E-state index contributed by atoms with van der Waals surface area (Å²) in [7, 11) is 3.33. The molecule has 0 bridgehead atoms. The van der Waals surface area contributed by atoms with Crippen molar-refractivity contribution < 1.29 is 19.1 Å². The van der Waals surface area contributed by atoms with Crippen LogP contribution >= 0.6 is 0 Å². The summed E-state index contributed by atoms with van der Waals surface area (Å²) in [5.41, 5.74) is 0.645. The molecule has 0 saturated carbocycles. The minimum atomic E-state index is -0.731. The first-order chi connectivity index (χ1) is 12.1. The van der Waals surface area contributed by atoms with Crippen LogP contribution in [0.5, 0.6) is 11.5 Å². The van der Waals surface area contributed by atoms with E-state index in [1.54, 1.807) is 43.3 Å². The number of fused-ring (bicyclic) bond motifs is 1. The van der Waals surface area contributed by atoms with E-state index in [1.165, 1.54) is 4.90 Å². The molecular formula is C19H20N2O4. The largest absolute Gasteiger partial charge is 0.484 e. The molecule has 0 fully saturated rings. The van der Waals surface area contributed by atoms with Crippen LogP contribution in [-0.2, 0) is 9.59 Å². The highest BCUT2D eigenvalue weighted by Crippen LogP contribution is 2.33. The molecule has 2 aromatic rings. The second-order valence-corrected chi connectivity index (χ2v) is 5.91. The molecule has 2 aromatic carbocycles. The average molecular weight is 340 g/mol. The fourth-order valence-electron chi connectivity index (χ4n) is 2.63. The first-order valence-electron chi connectivity index (χ1n) is 8.01. The van der Waals surface area contributed by atoms with Crippen molar-refractivity contribution in [2.45, 2.75) is 6.10 Å². The number of amides is 2. The van der Waals surface area contributed by atoms with Gasteiger partial charge in [0, 0.05) is 14.1 Å².